The van der Waals surface area contributed by atoms with E-state index in [0.717, 1.165) is 4.90 Å². The molecule has 5 rings (SSSR count). The molecule has 41 heavy (non-hydrogen) atoms. The van der Waals surface area contributed by atoms with Crippen LogP contribution in [0.5, 0.6) is 5.75 Å². The average molecular weight is 585 g/mol. The Morgan fingerprint density at radius 3 is 2.71 bits per heavy atom. The number of fused-ring (bicyclic) bond motifs is 9. The number of ether oxygens (including phenoxy) is 2. The number of nitrogens with zero attached hydrogens (tertiary/aromatic N) is 3. The minimum atomic E-state index is -3.12. The molecule has 2 aliphatic rings. The summed E-state index contributed by atoms with van der Waals surface area (Å²) in [7, 11) is -1.90. The topological polar surface area (TPSA) is 65.8 Å². The van der Waals surface area contributed by atoms with Crippen molar-refractivity contribution in [3.63, 3.8) is 0 Å². The molecule has 2 bridgehead atoms. The number of carbonyl (C=O) groups excluding carboxylic acids is 1. The van der Waals surface area contributed by atoms with Crippen LogP contribution < -0.4 is 4.74 Å². The Morgan fingerprint density at radius 2 is 2.00 bits per heavy atom. The molecule has 0 spiro atoms. The molecule has 0 radical (unpaired) electrons. The summed E-state index contributed by atoms with van der Waals surface area (Å²) in [4.78, 5) is 19.1. The predicted octanol–water partition coefficient (Wildman–Crippen LogP) is 6.54. The molecule has 10 heteroatoms. The van der Waals surface area contributed by atoms with E-state index in [2.05, 4.69) is 45.7 Å². The van der Waals surface area contributed by atoms with Crippen molar-refractivity contribution in [3.05, 3.63) is 58.9 Å². The highest BCUT2D eigenvalue weighted by molar-refractivity contribution is 6.74. The molecule has 218 valence electrons. The molecule has 3 atom stereocenters. The molecular weight excluding hydrogens is 544 g/mol. The summed E-state index contributed by atoms with van der Waals surface area (Å²) < 4.78 is 70.0. The number of carbonyl (C=O) groups is 1. The first-order valence-electron chi connectivity index (χ1n) is 15.2. The summed E-state index contributed by atoms with van der Waals surface area (Å²) in [6, 6.07) is 8.08. The van der Waals surface area contributed by atoms with Gasteiger partial charge in [-0.05, 0) is 55.4 Å². The summed E-state index contributed by atoms with van der Waals surface area (Å²) >= 11 is 0. The van der Waals surface area contributed by atoms with E-state index in [0.29, 0.717) is 29.0 Å². The van der Waals surface area contributed by atoms with Crippen molar-refractivity contribution >= 4 is 25.3 Å². The molecule has 1 aromatic heterocycles. The maximum absolute atomic E-state index is 13.6. The Morgan fingerprint density at radius 1 is 1.22 bits per heavy atom. The first kappa shape index (κ1) is 25.4. The second kappa shape index (κ2) is 10.9. The zero-order valence-electron chi connectivity index (χ0n) is 27.1. The van der Waals surface area contributed by atoms with E-state index < -0.39 is 39.9 Å². The summed E-state index contributed by atoms with van der Waals surface area (Å²) in [5.74, 6) is 5.56. The molecular formula is C31H37F2N3O4Si. The Labute approximate surface area is 245 Å². The third-order valence-electron chi connectivity index (χ3n) is 8.21. The number of imidazole rings is 1. The van der Waals surface area contributed by atoms with Crippen LogP contribution in [0.25, 0.3) is 11.0 Å². The van der Waals surface area contributed by atoms with Gasteiger partial charge in [-0.25, -0.2) is 4.98 Å². The maximum atomic E-state index is 13.6. The Bertz CT molecular complexity index is 1640. The minimum Gasteiger partial charge on any atom is -0.434 e. The molecule has 7 nitrogen and oxygen atoms in total. The fraction of sp³-hybridized carbons (Fsp3) is 0.484. The van der Waals surface area contributed by atoms with Gasteiger partial charge in [0.2, 0.25) is 0 Å². The van der Waals surface area contributed by atoms with Crippen molar-refractivity contribution in [2.75, 3.05) is 20.2 Å². The lowest BCUT2D eigenvalue weighted by molar-refractivity contribution is -0.0507. The number of amides is 1. The fourth-order valence-corrected chi connectivity index (χ4v) is 6.74. The van der Waals surface area contributed by atoms with E-state index in [4.69, 9.17) is 23.0 Å². The highest BCUT2D eigenvalue weighted by Crippen LogP contribution is 2.50. The van der Waals surface area contributed by atoms with Crippen molar-refractivity contribution in [2.24, 2.45) is 0 Å². The van der Waals surface area contributed by atoms with E-state index in [1.165, 1.54) is 18.2 Å². The Balaban J connectivity index is 1.45. The lowest BCUT2D eigenvalue weighted by atomic mass is 9.97. The SMILES string of the molecule is [2H]C([2H])([2H])N1C(=O)c2cccc(OC(F)F)c2[C@H]2C[C@@H]1c1nc3ccc(C#CCOCC(C)O[Si](C)(C)C(C)(C)C)cc3n12. The van der Waals surface area contributed by atoms with E-state index in [-0.39, 0.29) is 41.0 Å². The van der Waals surface area contributed by atoms with Crippen LogP contribution >= 0.6 is 0 Å². The highest BCUT2D eigenvalue weighted by atomic mass is 28.4. The smallest absolute Gasteiger partial charge is 0.387 e. The molecule has 0 N–H and O–H groups in total. The second-order valence-corrected chi connectivity index (χ2v) is 16.8. The van der Waals surface area contributed by atoms with Crippen LogP contribution in [-0.4, -0.2) is 61.6 Å². The lowest BCUT2D eigenvalue weighted by Gasteiger charge is -2.38. The summed E-state index contributed by atoms with van der Waals surface area (Å²) in [5, 5.41) is 0.103. The number of hydrogen-bond acceptors (Lipinski definition) is 5. The van der Waals surface area contributed by atoms with Crippen molar-refractivity contribution in [1.29, 1.82) is 0 Å². The number of aromatic nitrogens is 2. The molecule has 3 heterocycles. The first-order chi connectivity index (χ1) is 20.5. The third-order valence-corrected chi connectivity index (χ3v) is 12.8. The van der Waals surface area contributed by atoms with Crippen molar-refractivity contribution < 1.29 is 31.6 Å². The van der Waals surface area contributed by atoms with Gasteiger partial charge in [0.1, 0.15) is 18.2 Å². The highest BCUT2D eigenvalue weighted by Gasteiger charge is 2.45. The number of alkyl halides is 2. The van der Waals surface area contributed by atoms with Crippen LogP contribution in [0.2, 0.25) is 18.1 Å². The van der Waals surface area contributed by atoms with E-state index in [1.54, 1.807) is 12.1 Å². The van der Waals surface area contributed by atoms with Crippen molar-refractivity contribution in [3.8, 4) is 17.6 Å². The molecule has 2 aromatic carbocycles. The van der Waals surface area contributed by atoms with Crippen LogP contribution in [0.4, 0.5) is 8.78 Å². The van der Waals surface area contributed by atoms with E-state index in [9.17, 15) is 13.6 Å². The average Bonchev–Trinajstić information content (AvgIpc) is 3.39. The molecule has 0 aliphatic carbocycles. The van der Waals surface area contributed by atoms with Crippen molar-refractivity contribution in [1.82, 2.24) is 14.5 Å². The van der Waals surface area contributed by atoms with Gasteiger partial charge in [0.25, 0.3) is 5.91 Å². The van der Waals surface area contributed by atoms with Crippen LogP contribution in [0.1, 0.15) is 77.6 Å². The third kappa shape index (κ3) is 5.50. The van der Waals surface area contributed by atoms with Gasteiger partial charge in [-0.1, -0.05) is 38.7 Å². The Hall–Kier alpha value is -3.26. The van der Waals surface area contributed by atoms with Crippen molar-refractivity contribution in [2.45, 2.75) is 77.0 Å². The number of benzene rings is 2. The predicted molar refractivity (Wildman–Crippen MR) is 156 cm³/mol. The normalized spacial score (nSPS) is 20.5. The molecule has 1 amide bonds. The van der Waals surface area contributed by atoms with Gasteiger partial charge in [0, 0.05) is 34.2 Å². The molecule has 0 saturated heterocycles. The summed E-state index contributed by atoms with van der Waals surface area (Å²) in [6.45, 7) is 7.68. The van der Waals surface area contributed by atoms with Crippen LogP contribution in [-0.2, 0) is 9.16 Å². The van der Waals surface area contributed by atoms with Gasteiger partial charge in [-0.3, -0.25) is 4.79 Å². The molecule has 2 aliphatic heterocycles. The van der Waals surface area contributed by atoms with E-state index >= 15 is 0 Å². The Kier molecular flexibility index (Phi) is 6.74. The van der Waals surface area contributed by atoms with E-state index in [1.807, 2.05) is 17.6 Å². The van der Waals surface area contributed by atoms with Gasteiger partial charge >= 0.3 is 6.61 Å². The zero-order chi connectivity index (χ0) is 32.2. The zero-order valence-corrected chi connectivity index (χ0v) is 25.1. The first-order valence-corrected chi connectivity index (χ1v) is 16.6. The van der Waals surface area contributed by atoms with Gasteiger partial charge in [0.05, 0.1) is 35.8 Å². The fourth-order valence-electron chi connectivity index (χ4n) is 5.31. The van der Waals surface area contributed by atoms with Gasteiger partial charge in [-0.2, -0.15) is 8.78 Å². The molecule has 0 fully saturated rings. The summed E-state index contributed by atoms with van der Waals surface area (Å²) in [5.41, 5.74) is 2.12. The molecule has 0 saturated carbocycles. The van der Waals surface area contributed by atoms with Crippen LogP contribution in [0.15, 0.2) is 36.4 Å². The largest absolute Gasteiger partial charge is 0.434 e. The number of rotatable bonds is 7. The van der Waals surface area contributed by atoms with Crippen LogP contribution in [0.3, 0.4) is 0 Å². The summed E-state index contributed by atoms with van der Waals surface area (Å²) in [6.07, 6.45) is 0.0905. The molecule has 3 aromatic rings. The number of halogens is 2. The van der Waals surface area contributed by atoms with Crippen LogP contribution in [0, 0.1) is 11.8 Å². The lowest BCUT2D eigenvalue weighted by Crippen LogP contribution is -2.44. The standard InChI is InChI=1S/C31H37F2N3O4Si/c1-19(40-41(6,7)31(2,3)4)18-38-15-9-10-20-13-14-22-23(16-20)36-24-17-25(28(36)34-22)35(5)29(37)21-11-8-12-26(27(21)24)39-30(32)33/h8,11-14,16,19,24-25,30H,15,17-18H2,1-7H3/t19?,24-,25-/m1/s1/i5D3. The monoisotopic (exact) mass is 584 g/mol. The van der Waals surface area contributed by atoms with Gasteiger partial charge < -0.3 is 23.4 Å². The number of hydrogen-bond donors (Lipinski definition) is 0. The van der Waals surface area contributed by atoms with Gasteiger partial charge in [0.15, 0.2) is 8.32 Å². The maximum Gasteiger partial charge on any atom is 0.387 e. The second-order valence-electron chi connectivity index (χ2n) is 12.1. The quantitative estimate of drug-likeness (QED) is 0.179. The minimum absolute atomic E-state index is 0.0131. The molecule has 1 unspecified atom stereocenters. The van der Waals surface area contributed by atoms with Gasteiger partial charge in [-0.15, -0.1) is 0 Å².